The molecule has 2 aromatic heterocycles. The van der Waals surface area contributed by atoms with Gasteiger partial charge in [0, 0.05) is 13.1 Å². The van der Waals surface area contributed by atoms with E-state index in [9.17, 15) is 4.39 Å². The summed E-state index contributed by atoms with van der Waals surface area (Å²) >= 11 is 0. The van der Waals surface area contributed by atoms with Crippen LogP contribution in [0, 0.1) is 5.82 Å². The molecule has 2 heterocycles. The molecule has 5 nitrogen and oxygen atoms in total. The minimum Gasteiger partial charge on any atom is -0.382 e. The summed E-state index contributed by atoms with van der Waals surface area (Å²) in [4.78, 5) is 4.41. The van der Waals surface area contributed by atoms with Crippen molar-refractivity contribution in [2.75, 3.05) is 5.73 Å². The number of aryl methyl sites for hydroxylation is 1. The van der Waals surface area contributed by atoms with Crippen molar-refractivity contribution in [2.45, 2.75) is 0 Å². The maximum absolute atomic E-state index is 13.2. The zero-order valence-corrected chi connectivity index (χ0v) is 9.11. The number of nitrogens with one attached hydrogen (secondary N) is 1. The molecular weight excluding hydrogens is 221 g/mol. The van der Waals surface area contributed by atoms with Gasteiger partial charge in [-0.2, -0.15) is 5.10 Å². The minimum absolute atomic E-state index is 0.281. The van der Waals surface area contributed by atoms with Gasteiger partial charge in [0.15, 0.2) is 5.82 Å². The van der Waals surface area contributed by atoms with E-state index < -0.39 is 0 Å². The summed E-state index contributed by atoms with van der Waals surface area (Å²) < 4.78 is 14.9. The number of hydrogen-bond donors (Lipinski definition) is 2. The molecule has 0 saturated heterocycles. The number of fused-ring (bicyclic) bond motifs is 1. The van der Waals surface area contributed by atoms with Gasteiger partial charge >= 0.3 is 0 Å². The van der Waals surface area contributed by atoms with Gasteiger partial charge in [-0.25, -0.2) is 9.37 Å². The zero-order valence-electron chi connectivity index (χ0n) is 9.11. The van der Waals surface area contributed by atoms with Crippen molar-refractivity contribution in [3.05, 3.63) is 30.1 Å². The van der Waals surface area contributed by atoms with E-state index in [2.05, 4.69) is 15.2 Å². The number of hydrogen-bond acceptors (Lipinski definition) is 3. The molecule has 0 fully saturated rings. The largest absolute Gasteiger partial charge is 0.382 e. The smallest absolute Gasteiger partial charge is 0.159 e. The highest BCUT2D eigenvalue weighted by Crippen LogP contribution is 2.23. The van der Waals surface area contributed by atoms with Crippen LogP contribution >= 0.6 is 0 Å². The third kappa shape index (κ3) is 1.45. The van der Waals surface area contributed by atoms with E-state index in [4.69, 9.17) is 5.73 Å². The molecule has 0 spiro atoms. The minimum atomic E-state index is -0.281. The fourth-order valence-electron chi connectivity index (χ4n) is 1.86. The summed E-state index contributed by atoms with van der Waals surface area (Å²) in [6.07, 6.45) is 0. The molecule has 0 bridgehead atoms. The molecule has 3 N–H and O–H groups in total. The quantitative estimate of drug-likeness (QED) is 0.669. The Morgan fingerprint density at radius 2 is 2.18 bits per heavy atom. The highest BCUT2D eigenvalue weighted by molar-refractivity contribution is 5.80. The third-order valence-electron chi connectivity index (χ3n) is 2.68. The van der Waals surface area contributed by atoms with Gasteiger partial charge < -0.3 is 10.3 Å². The molecule has 0 aliphatic rings. The van der Waals surface area contributed by atoms with Crippen LogP contribution in [0.15, 0.2) is 24.3 Å². The molecule has 3 aromatic rings. The Morgan fingerprint density at radius 1 is 1.35 bits per heavy atom. The Morgan fingerprint density at radius 3 is 2.88 bits per heavy atom. The molecule has 17 heavy (non-hydrogen) atoms. The molecule has 0 aliphatic carbocycles. The molecule has 0 atom stereocenters. The van der Waals surface area contributed by atoms with Crippen molar-refractivity contribution in [3.63, 3.8) is 0 Å². The number of halogens is 1. The van der Waals surface area contributed by atoms with Gasteiger partial charge in [0.2, 0.25) is 0 Å². The van der Waals surface area contributed by atoms with Gasteiger partial charge in [-0.3, -0.25) is 5.10 Å². The standard InChI is InChI=1S/C11H10FN5/c1-17-9-4-6(12)2-3-7(9)14-11(17)8-5-10(13)16-15-8/h2-5H,1H3,(H3,13,15,16). The molecule has 1 aromatic carbocycles. The Labute approximate surface area is 96.1 Å². The van der Waals surface area contributed by atoms with Crippen LogP contribution < -0.4 is 5.73 Å². The highest BCUT2D eigenvalue weighted by Gasteiger charge is 2.12. The summed E-state index contributed by atoms with van der Waals surface area (Å²) in [6.45, 7) is 0. The Balaban J connectivity index is 2.27. The number of nitrogens with two attached hydrogens (primary N) is 1. The van der Waals surface area contributed by atoms with Crippen LogP contribution in [0.1, 0.15) is 0 Å². The van der Waals surface area contributed by atoms with E-state index in [1.807, 2.05) is 7.05 Å². The van der Waals surface area contributed by atoms with Crippen LogP contribution in [-0.2, 0) is 7.05 Å². The molecule has 0 amide bonds. The van der Waals surface area contributed by atoms with Crippen LogP contribution in [0.3, 0.4) is 0 Å². The third-order valence-corrected chi connectivity index (χ3v) is 2.68. The van der Waals surface area contributed by atoms with Crippen molar-refractivity contribution in [2.24, 2.45) is 7.05 Å². The van der Waals surface area contributed by atoms with Crippen molar-refractivity contribution in [3.8, 4) is 11.5 Å². The normalized spacial score (nSPS) is 11.2. The zero-order chi connectivity index (χ0) is 12.0. The van der Waals surface area contributed by atoms with Gasteiger partial charge in [0.25, 0.3) is 0 Å². The topological polar surface area (TPSA) is 72.5 Å². The Kier molecular flexibility index (Phi) is 1.91. The Bertz CT molecular complexity index is 697. The SMILES string of the molecule is Cn1c(-c2cc(N)n[nH]2)nc2ccc(F)cc21. The van der Waals surface area contributed by atoms with Crippen molar-refractivity contribution < 1.29 is 4.39 Å². The second-order valence-electron chi connectivity index (χ2n) is 3.83. The maximum Gasteiger partial charge on any atom is 0.159 e. The van der Waals surface area contributed by atoms with Gasteiger partial charge in [-0.05, 0) is 18.2 Å². The lowest BCUT2D eigenvalue weighted by Crippen LogP contribution is -1.92. The van der Waals surface area contributed by atoms with Crippen LogP contribution in [-0.4, -0.2) is 19.7 Å². The van der Waals surface area contributed by atoms with E-state index in [0.29, 0.717) is 17.3 Å². The molecule has 0 aliphatic heterocycles. The van der Waals surface area contributed by atoms with E-state index in [1.165, 1.54) is 12.1 Å². The summed E-state index contributed by atoms with van der Waals surface area (Å²) in [7, 11) is 1.82. The van der Waals surface area contributed by atoms with Crippen molar-refractivity contribution in [1.82, 2.24) is 19.7 Å². The molecular formula is C11H10FN5. The highest BCUT2D eigenvalue weighted by atomic mass is 19.1. The molecule has 0 saturated carbocycles. The maximum atomic E-state index is 13.2. The molecule has 0 unspecified atom stereocenters. The molecule has 3 rings (SSSR count). The number of nitrogens with zero attached hydrogens (tertiary/aromatic N) is 3. The first-order chi connectivity index (χ1) is 8.15. The van der Waals surface area contributed by atoms with Crippen LogP contribution in [0.25, 0.3) is 22.6 Å². The lowest BCUT2D eigenvalue weighted by Gasteiger charge is -1.98. The summed E-state index contributed by atoms with van der Waals surface area (Å²) in [5.41, 5.74) is 7.72. The van der Waals surface area contributed by atoms with Gasteiger partial charge in [0.1, 0.15) is 17.3 Å². The molecule has 86 valence electrons. The van der Waals surface area contributed by atoms with E-state index in [-0.39, 0.29) is 5.82 Å². The summed E-state index contributed by atoms with van der Waals surface area (Å²) in [6, 6.07) is 6.18. The average Bonchev–Trinajstić information content (AvgIpc) is 2.84. The van der Waals surface area contributed by atoms with Crippen LogP contribution in [0.4, 0.5) is 10.2 Å². The second kappa shape index (κ2) is 3.31. The lowest BCUT2D eigenvalue weighted by molar-refractivity contribution is 0.629. The molecule has 6 heteroatoms. The number of imidazole rings is 1. The summed E-state index contributed by atoms with van der Waals surface area (Å²) in [5, 5.41) is 6.63. The van der Waals surface area contributed by atoms with Gasteiger partial charge in [0.05, 0.1) is 11.0 Å². The van der Waals surface area contributed by atoms with Crippen molar-refractivity contribution in [1.29, 1.82) is 0 Å². The van der Waals surface area contributed by atoms with Crippen LogP contribution in [0.5, 0.6) is 0 Å². The first kappa shape index (κ1) is 9.83. The molecule has 0 radical (unpaired) electrons. The van der Waals surface area contributed by atoms with E-state index in [0.717, 1.165) is 11.0 Å². The van der Waals surface area contributed by atoms with E-state index in [1.54, 1.807) is 16.7 Å². The van der Waals surface area contributed by atoms with Crippen LogP contribution in [0.2, 0.25) is 0 Å². The van der Waals surface area contributed by atoms with Gasteiger partial charge in [-0.15, -0.1) is 0 Å². The first-order valence-electron chi connectivity index (χ1n) is 5.08. The fourth-order valence-corrected chi connectivity index (χ4v) is 1.86. The Hall–Kier alpha value is -2.37. The number of aromatic nitrogens is 4. The second-order valence-corrected chi connectivity index (χ2v) is 3.83. The number of aromatic amines is 1. The fraction of sp³-hybridized carbons (Fsp3) is 0.0909. The predicted molar refractivity (Wildman–Crippen MR) is 62.7 cm³/mol. The predicted octanol–water partition coefficient (Wildman–Crippen LogP) is 1.68. The number of benzene rings is 1. The van der Waals surface area contributed by atoms with Gasteiger partial charge in [-0.1, -0.05) is 0 Å². The monoisotopic (exact) mass is 231 g/mol. The average molecular weight is 231 g/mol. The van der Waals surface area contributed by atoms with E-state index >= 15 is 0 Å². The number of anilines is 1. The van der Waals surface area contributed by atoms with Crippen molar-refractivity contribution >= 4 is 16.9 Å². The summed E-state index contributed by atoms with van der Waals surface area (Å²) in [5.74, 6) is 0.796. The lowest BCUT2D eigenvalue weighted by atomic mass is 10.3. The number of H-pyrrole nitrogens is 1. The first-order valence-corrected chi connectivity index (χ1v) is 5.08. The number of nitrogen functional groups attached to an aromatic ring is 1. The number of rotatable bonds is 1.